The highest BCUT2D eigenvalue weighted by molar-refractivity contribution is 7.22. The summed E-state index contributed by atoms with van der Waals surface area (Å²) in [5.74, 6) is -1.06. The van der Waals surface area contributed by atoms with Crippen LogP contribution >= 0.6 is 22.9 Å². The predicted octanol–water partition coefficient (Wildman–Crippen LogP) is 7.88. The van der Waals surface area contributed by atoms with Crippen LogP contribution in [-0.4, -0.2) is 41.4 Å². The van der Waals surface area contributed by atoms with Crippen molar-refractivity contribution in [3.63, 3.8) is 0 Å². The van der Waals surface area contributed by atoms with Crippen LogP contribution < -0.4 is 0 Å². The number of benzene rings is 3. The van der Waals surface area contributed by atoms with E-state index in [0.717, 1.165) is 49.1 Å². The van der Waals surface area contributed by atoms with E-state index >= 15 is 0 Å². The first-order chi connectivity index (χ1) is 20.0. The highest BCUT2D eigenvalue weighted by Gasteiger charge is 2.32. The Bertz CT molecular complexity index is 1980. The second-order valence-corrected chi connectivity index (χ2v) is 12.6. The minimum absolute atomic E-state index is 0.589. The average Bonchev–Trinajstić information content (AvgIpc) is 3.54. The van der Waals surface area contributed by atoms with Crippen molar-refractivity contribution in [1.29, 1.82) is 0 Å². The van der Waals surface area contributed by atoms with Gasteiger partial charge in [-0.3, -0.25) is 9.67 Å². The Morgan fingerprint density at radius 3 is 2.43 bits per heavy atom. The third-order valence-electron chi connectivity index (χ3n) is 6.91. The molecule has 0 aliphatic carbocycles. The van der Waals surface area contributed by atoms with Crippen molar-refractivity contribution < 1.29 is 14.6 Å². The van der Waals surface area contributed by atoms with Crippen molar-refractivity contribution in [3.05, 3.63) is 83.3 Å². The lowest BCUT2D eigenvalue weighted by Crippen LogP contribution is -2.28. The number of aliphatic carboxylic acids is 1. The Kier molecular flexibility index (Phi) is 7.04. The van der Waals surface area contributed by atoms with E-state index < -0.39 is 17.7 Å². The Labute approximate surface area is 251 Å². The van der Waals surface area contributed by atoms with E-state index in [1.54, 1.807) is 24.5 Å². The quantitative estimate of drug-likeness (QED) is 0.208. The molecule has 0 fully saturated rings. The Balaban J connectivity index is 1.53. The van der Waals surface area contributed by atoms with E-state index in [4.69, 9.17) is 26.3 Å². The molecule has 0 bridgehead atoms. The van der Waals surface area contributed by atoms with Crippen molar-refractivity contribution in [1.82, 2.24) is 24.7 Å². The molecule has 3 aromatic carbocycles. The fourth-order valence-electron chi connectivity index (χ4n) is 5.08. The van der Waals surface area contributed by atoms with Crippen LogP contribution in [0.25, 0.3) is 54.2 Å². The van der Waals surface area contributed by atoms with Gasteiger partial charge in [0, 0.05) is 34.1 Å². The first-order valence-electron chi connectivity index (χ1n) is 13.3. The maximum absolute atomic E-state index is 12.6. The minimum Gasteiger partial charge on any atom is -0.479 e. The largest absolute Gasteiger partial charge is 0.479 e. The lowest BCUT2D eigenvalue weighted by Gasteiger charge is -2.28. The summed E-state index contributed by atoms with van der Waals surface area (Å²) in [6, 6.07) is 15.4. The van der Waals surface area contributed by atoms with Gasteiger partial charge in [0.15, 0.2) is 6.10 Å². The van der Waals surface area contributed by atoms with Crippen LogP contribution in [0.4, 0.5) is 0 Å². The summed E-state index contributed by atoms with van der Waals surface area (Å²) in [5.41, 5.74) is 6.30. The molecule has 0 aliphatic heterocycles. The summed E-state index contributed by atoms with van der Waals surface area (Å²) < 4.78 is 8.79. The summed E-state index contributed by atoms with van der Waals surface area (Å²) >= 11 is 7.67. The van der Waals surface area contributed by atoms with E-state index in [0.29, 0.717) is 21.3 Å². The Morgan fingerprint density at radius 2 is 1.71 bits per heavy atom. The van der Waals surface area contributed by atoms with Crippen molar-refractivity contribution >= 4 is 50.0 Å². The molecule has 42 heavy (non-hydrogen) atoms. The van der Waals surface area contributed by atoms with Gasteiger partial charge in [-0.15, -0.1) is 11.3 Å². The lowest BCUT2D eigenvalue weighted by molar-refractivity contribution is -0.160. The molecule has 1 atom stereocenters. The number of aromatic nitrogens is 5. The van der Waals surface area contributed by atoms with Crippen LogP contribution in [0.1, 0.15) is 38.0 Å². The normalized spacial score (nSPS) is 12.7. The van der Waals surface area contributed by atoms with Crippen molar-refractivity contribution in [2.75, 3.05) is 0 Å². The standard InChI is InChI=1S/C32H28ClN5O3S/c1-17-12-22-29(27(18-6-9-21(33)10-7-18)26(17)28(31(39)40)41-32(2,3)4)42-30(37-22)24-16-34-15-23(36-24)19-8-11-25-20(13-19)14-35-38(25)5/h6-16,28H,1-5H3,(H,39,40)/t28-/m0/s1. The van der Waals surface area contributed by atoms with Crippen LogP contribution in [0.2, 0.25) is 5.02 Å². The minimum atomic E-state index is -1.18. The molecule has 0 unspecified atom stereocenters. The molecule has 3 heterocycles. The molecule has 0 amide bonds. The highest BCUT2D eigenvalue weighted by atomic mass is 35.5. The number of nitrogens with zero attached hydrogens (tertiary/aromatic N) is 5. The molecule has 212 valence electrons. The second kappa shape index (κ2) is 10.6. The number of hydrogen-bond donors (Lipinski definition) is 1. The third kappa shape index (κ3) is 5.27. The molecular formula is C32H28ClN5O3S. The number of rotatable bonds is 6. The molecule has 0 radical (unpaired) electrons. The zero-order chi connectivity index (χ0) is 29.8. The van der Waals surface area contributed by atoms with E-state index in [-0.39, 0.29) is 0 Å². The van der Waals surface area contributed by atoms with Gasteiger partial charge in [0.1, 0.15) is 10.7 Å². The van der Waals surface area contributed by atoms with Gasteiger partial charge in [-0.1, -0.05) is 29.8 Å². The van der Waals surface area contributed by atoms with Crippen molar-refractivity contribution in [2.45, 2.75) is 39.4 Å². The molecule has 8 nitrogen and oxygen atoms in total. The van der Waals surface area contributed by atoms with Crippen LogP contribution in [0.15, 0.2) is 67.1 Å². The second-order valence-electron chi connectivity index (χ2n) is 11.1. The number of fused-ring (bicyclic) bond motifs is 2. The molecule has 1 N–H and O–H groups in total. The summed E-state index contributed by atoms with van der Waals surface area (Å²) in [4.78, 5) is 26.9. The Hall–Kier alpha value is -4.18. The van der Waals surface area contributed by atoms with Gasteiger partial charge < -0.3 is 9.84 Å². The van der Waals surface area contributed by atoms with E-state index in [2.05, 4.69) is 10.1 Å². The number of carboxylic acids is 1. The van der Waals surface area contributed by atoms with Crippen molar-refractivity contribution in [3.8, 4) is 33.1 Å². The van der Waals surface area contributed by atoms with E-state index in [1.807, 2.05) is 82.0 Å². The highest BCUT2D eigenvalue weighted by Crippen LogP contribution is 2.44. The van der Waals surface area contributed by atoms with E-state index in [1.165, 1.54) is 11.3 Å². The number of aryl methyl sites for hydroxylation is 2. The van der Waals surface area contributed by atoms with Crippen molar-refractivity contribution in [2.24, 2.45) is 7.05 Å². The predicted molar refractivity (Wildman–Crippen MR) is 167 cm³/mol. The first-order valence-corrected chi connectivity index (χ1v) is 14.5. The topological polar surface area (TPSA) is 103 Å². The number of ether oxygens (including phenoxy) is 1. The third-order valence-corrected chi connectivity index (χ3v) is 8.28. The fourth-order valence-corrected chi connectivity index (χ4v) is 6.28. The van der Waals surface area contributed by atoms with Crippen LogP contribution in [-0.2, 0) is 16.6 Å². The molecule has 6 aromatic rings. The molecule has 0 aliphatic rings. The molecule has 0 saturated carbocycles. The van der Waals surface area contributed by atoms with Gasteiger partial charge in [0.05, 0.1) is 45.6 Å². The van der Waals surface area contributed by atoms with Gasteiger partial charge in [-0.25, -0.2) is 14.8 Å². The average molecular weight is 598 g/mol. The van der Waals surface area contributed by atoms with Gasteiger partial charge >= 0.3 is 5.97 Å². The molecule has 0 saturated heterocycles. The molecule has 3 aromatic heterocycles. The smallest absolute Gasteiger partial charge is 0.337 e. The Morgan fingerprint density at radius 1 is 1.00 bits per heavy atom. The number of halogens is 1. The first kappa shape index (κ1) is 28.0. The molecule has 6 rings (SSSR count). The lowest BCUT2D eigenvalue weighted by atomic mass is 9.91. The monoisotopic (exact) mass is 597 g/mol. The number of carbonyl (C=O) groups is 1. The summed E-state index contributed by atoms with van der Waals surface area (Å²) in [6.07, 6.45) is 4.07. The zero-order valence-electron chi connectivity index (χ0n) is 23.7. The SMILES string of the molecule is Cc1cc2nc(-c3cncc(-c4ccc5c(cnn5C)c4)n3)sc2c(-c2ccc(Cl)cc2)c1[C@H](OC(C)(C)C)C(=O)O. The summed E-state index contributed by atoms with van der Waals surface area (Å²) in [7, 11) is 1.91. The van der Waals surface area contributed by atoms with Gasteiger partial charge in [0.2, 0.25) is 0 Å². The fraction of sp³-hybridized carbons (Fsp3) is 0.219. The summed E-state index contributed by atoms with van der Waals surface area (Å²) in [6.45, 7) is 7.44. The number of thiazole rings is 1. The number of carboxylic acid groups (broad SMARTS) is 1. The van der Waals surface area contributed by atoms with Crippen LogP contribution in [0, 0.1) is 6.92 Å². The number of hydrogen-bond acceptors (Lipinski definition) is 7. The molecule has 10 heteroatoms. The summed E-state index contributed by atoms with van der Waals surface area (Å²) in [5, 5.41) is 16.9. The maximum Gasteiger partial charge on any atom is 0.337 e. The van der Waals surface area contributed by atoms with Crippen LogP contribution in [0.5, 0.6) is 0 Å². The molecule has 0 spiro atoms. The van der Waals surface area contributed by atoms with Gasteiger partial charge in [0.25, 0.3) is 0 Å². The van der Waals surface area contributed by atoms with Gasteiger partial charge in [-0.2, -0.15) is 5.10 Å². The van der Waals surface area contributed by atoms with E-state index in [9.17, 15) is 9.90 Å². The maximum atomic E-state index is 12.6. The van der Waals surface area contributed by atoms with Gasteiger partial charge in [-0.05, 0) is 69.2 Å². The zero-order valence-corrected chi connectivity index (χ0v) is 25.3. The van der Waals surface area contributed by atoms with Crippen LogP contribution in [0.3, 0.4) is 0 Å². The molecular weight excluding hydrogens is 570 g/mol.